The van der Waals surface area contributed by atoms with E-state index in [1.54, 1.807) is 37.0 Å². The summed E-state index contributed by atoms with van der Waals surface area (Å²) in [5.41, 5.74) is 2.49. The second kappa shape index (κ2) is 28.0. The second-order valence-corrected chi connectivity index (χ2v) is 22.9. The molecule has 6 aromatic rings. The number of alkyl halides is 8. The molecule has 9 heterocycles. The van der Waals surface area contributed by atoms with Crippen molar-refractivity contribution < 1.29 is 59.2 Å². The van der Waals surface area contributed by atoms with Crippen LogP contribution in [0.15, 0.2) is 36.8 Å². The maximum absolute atomic E-state index is 13.5. The van der Waals surface area contributed by atoms with Crippen LogP contribution in [0.1, 0.15) is 122 Å². The molecule has 3 saturated carbocycles. The molecule has 0 spiro atoms. The molecule has 478 valence electrons. The third-order valence-corrected chi connectivity index (χ3v) is 16.3. The lowest BCUT2D eigenvalue weighted by Crippen LogP contribution is -2.37. The van der Waals surface area contributed by atoms with Gasteiger partial charge in [-0.05, 0) is 76.0 Å². The number of nitrogens with one attached hydrogen (secondary N) is 3. The van der Waals surface area contributed by atoms with Gasteiger partial charge in [-0.1, -0.05) is 0 Å². The lowest BCUT2D eigenvalue weighted by Gasteiger charge is -2.30. The number of halogens is 8. The van der Waals surface area contributed by atoms with E-state index in [9.17, 15) is 45.0 Å². The van der Waals surface area contributed by atoms with Crippen LogP contribution < -0.4 is 30.7 Å². The fraction of sp³-hybridized carbons (Fsp3) is 0.614. The van der Waals surface area contributed by atoms with Crippen LogP contribution in [0.3, 0.4) is 0 Å². The average Bonchev–Trinajstić information content (AvgIpc) is 2.91. The van der Waals surface area contributed by atoms with Crippen LogP contribution in [0, 0.1) is 20.8 Å². The lowest BCUT2D eigenvalue weighted by atomic mass is 9.92. The molecular formula is C57H74F8N18O5. The highest BCUT2D eigenvalue weighted by Gasteiger charge is 2.38. The van der Waals surface area contributed by atoms with Crippen molar-refractivity contribution in [2.75, 3.05) is 110 Å². The molecule has 0 unspecified atom stereocenters. The molecule has 0 bridgehead atoms. The number of nitrogens with zero attached hydrogens (tertiary/aromatic N) is 15. The van der Waals surface area contributed by atoms with Crippen molar-refractivity contribution in [3.8, 4) is 17.8 Å². The summed E-state index contributed by atoms with van der Waals surface area (Å²) in [6.45, 7) is 12.7. The van der Waals surface area contributed by atoms with Crippen LogP contribution in [-0.2, 0) is 20.8 Å². The van der Waals surface area contributed by atoms with Crippen LogP contribution >= 0.6 is 0 Å². The van der Waals surface area contributed by atoms with E-state index in [0.717, 1.165) is 16.9 Å². The van der Waals surface area contributed by atoms with Crippen molar-refractivity contribution in [3.05, 3.63) is 70.6 Å². The highest BCUT2D eigenvalue weighted by Crippen LogP contribution is 2.37. The fourth-order valence-electron chi connectivity index (χ4n) is 11.1. The summed E-state index contributed by atoms with van der Waals surface area (Å²) in [4.78, 5) is 44.7. The van der Waals surface area contributed by atoms with E-state index in [4.69, 9.17) is 14.2 Å². The number of aromatic nitrogens is 12. The molecule has 88 heavy (non-hydrogen) atoms. The molecule has 23 nitrogen and oxygen atoms in total. The van der Waals surface area contributed by atoms with E-state index in [1.165, 1.54) is 15.6 Å². The van der Waals surface area contributed by atoms with Crippen molar-refractivity contribution >= 4 is 41.2 Å². The molecule has 12 rings (SSSR count). The Morgan fingerprint density at radius 1 is 0.511 bits per heavy atom. The maximum Gasteiger partial charge on any atom is 0.282 e. The standard InChI is InChI=1S/C19H24F4N6O.C19H26F2N6O2.C19H24F2N6O2/c1-12-11-29(27-16(12)17(20)21)18-25-14(24-13-2-4-19(22,23)5-3-13)10-15(26-18)28-6-8-30-9-7-28;2*1-13-11-27(25-15(13)12-28)18-23-16(22-14-2-4-19(20,21)5-3-14)10-17(24-18)26-6-8-29-9-7-26/h10-11,13,17H,2-9H2,1H3,(H,24,25,26);10-11,14,28H,2-9,12H2,1H3,(H,22,23,24);10-12,14H,2-9H2,1H3,(H,22,23,24). The van der Waals surface area contributed by atoms with Crippen molar-refractivity contribution in [1.29, 1.82) is 0 Å². The molecule has 6 fully saturated rings. The highest BCUT2D eigenvalue weighted by molar-refractivity contribution is 5.74. The van der Waals surface area contributed by atoms with Gasteiger partial charge in [0.2, 0.25) is 17.8 Å². The Kier molecular flexibility index (Phi) is 20.2. The van der Waals surface area contributed by atoms with Gasteiger partial charge in [0.05, 0.1) is 51.9 Å². The van der Waals surface area contributed by atoms with Gasteiger partial charge in [-0.2, -0.15) is 45.2 Å². The smallest absolute Gasteiger partial charge is 0.282 e. The highest BCUT2D eigenvalue weighted by atomic mass is 19.3. The molecule has 6 aromatic heterocycles. The topological polar surface area (TPSA) is 242 Å². The van der Waals surface area contributed by atoms with Gasteiger partial charge in [0.25, 0.3) is 24.3 Å². The van der Waals surface area contributed by atoms with Crippen molar-refractivity contribution in [1.82, 2.24) is 59.2 Å². The van der Waals surface area contributed by atoms with Crippen LogP contribution in [0.5, 0.6) is 0 Å². The van der Waals surface area contributed by atoms with Gasteiger partial charge in [-0.15, -0.1) is 0 Å². The summed E-state index contributed by atoms with van der Waals surface area (Å²) in [7, 11) is 0. The molecule has 3 aliphatic heterocycles. The summed E-state index contributed by atoms with van der Waals surface area (Å²) in [6.07, 6.45) is 4.33. The van der Waals surface area contributed by atoms with Crippen molar-refractivity contribution in [2.45, 2.75) is 147 Å². The number of aryl methyl sites for hydroxylation is 3. The Labute approximate surface area is 503 Å². The summed E-state index contributed by atoms with van der Waals surface area (Å²) >= 11 is 0. The number of carbonyl (C=O) groups excluding carboxylic acids is 1. The van der Waals surface area contributed by atoms with Crippen LogP contribution in [0.2, 0.25) is 0 Å². The molecule has 3 aliphatic carbocycles. The Hall–Kier alpha value is -7.38. The zero-order chi connectivity index (χ0) is 62.2. The number of rotatable bonds is 15. The third-order valence-electron chi connectivity index (χ3n) is 16.3. The number of aliphatic hydroxyl groups is 1. The summed E-state index contributed by atoms with van der Waals surface area (Å²) in [5, 5.41) is 31.8. The number of ether oxygens (including phenoxy) is 3. The maximum atomic E-state index is 13.5. The van der Waals surface area contributed by atoms with E-state index in [-0.39, 0.29) is 74.9 Å². The second-order valence-electron chi connectivity index (χ2n) is 22.9. The van der Waals surface area contributed by atoms with Crippen LogP contribution in [0.4, 0.5) is 70.0 Å². The fourth-order valence-corrected chi connectivity index (χ4v) is 11.1. The molecule has 31 heteroatoms. The SMILES string of the molecule is Cc1cn(-c2nc(NC3CCC(F)(F)CC3)cc(N3CCOCC3)n2)nc1C(F)F.Cc1cn(-c2nc(NC3CCC(F)(F)CC3)cc(N3CCOCC3)n2)nc1C=O.Cc1cn(-c2nc(NC3CCC(F)(F)CC3)cc(N3CCOCC3)n2)nc1CO. The van der Waals surface area contributed by atoms with Gasteiger partial charge in [-0.3, -0.25) is 4.79 Å². The van der Waals surface area contributed by atoms with Gasteiger partial charge in [-0.25, -0.2) is 49.2 Å². The monoisotopic (exact) mass is 1240 g/mol. The molecule has 0 atom stereocenters. The predicted molar refractivity (Wildman–Crippen MR) is 310 cm³/mol. The number of aldehydes is 1. The van der Waals surface area contributed by atoms with E-state index in [0.29, 0.717) is 182 Å². The molecule has 0 aromatic carbocycles. The normalized spacial score (nSPS) is 20.0. The first-order valence-electron chi connectivity index (χ1n) is 29.8. The Morgan fingerprint density at radius 2 is 0.841 bits per heavy atom. The first-order valence-corrected chi connectivity index (χ1v) is 29.8. The molecule has 0 amide bonds. The minimum absolute atomic E-state index is 0.0534. The van der Waals surface area contributed by atoms with E-state index in [2.05, 4.69) is 71.0 Å². The quantitative estimate of drug-likeness (QED) is 0.0555. The summed E-state index contributed by atoms with van der Waals surface area (Å²) < 4.78 is 128. The predicted octanol–water partition coefficient (Wildman–Crippen LogP) is 8.63. The van der Waals surface area contributed by atoms with Crippen molar-refractivity contribution in [3.63, 3.8) is 0 Å². The largest absolute Gasteiger partial charge is 0.390 e. The van der Waals surface area contributed by atoms with E-state index >= 15 is 0 Å². The summed E-state index contributed by atoms with van der Waals surface area (Å²) in [5.74, 6) is -3.24. The first kappa shape index (κ1) is 63.6. The number of hydrogen-bond donors (Lipinski definition) is 4. The van der Waals surface area contributed by atoms with Gasteiger partial charge in [0, 0.05) is 133 Å². The Balaban J connectivity index is 0.000000146. The number of aliphatic hydroxyl groups excluding tert-OH is 1. The van der Waals surface area contributed by atoms with Crippen molar-refractivity contribution in [2.24, 2.45) is 0 Å². The minimum Gasteiger partial charge on any atom is -0.390 e. The van der Waals surface area contributed by atoms with Gasteiger partial charge in [0.1, 0.15) is 46.3 Å². The number of morpholine rings is 3. The van der Waals surface area contributed by atoms with Crippen LogP contribution in [-0.4, -0.2) is 185 Å². The molecule has 4 N–H and O–H groups in total. The Bertz CT molecular complexity index is 3270. The van der Waals surface area contributed by atoms with Gasteiger partial charge in [0.15, 0.2) is 6.29 Å². The zero-order valence-corrected chi connectivity index (χ0v) is 49.3. The molecule has 3 saturated heterocycles. The number of carbonyl (C=O) groups is 1. The first-order chi connectivity index (χ1) is 42.2. The molecule has 0 radical (unpaired) electrons. The van der Waals surface area contributed by atoms with Gasteiger partial charge >= 0.3 is 0 Å². The lowest BCUT2D eigenvalue weighted by molar-refractivity contribution is -0.0366. The average molecular weight is 1240 g/mol. The van der Waals surface area contributed by atoms with Crippen LogP contribution in [0.25, 0.3) is 17.8 Å². The van der Waals surface area contributed by atoms with Gasteiger partial charge < -0.3 is 50.0 Å². The van der Waals surface area contributed by atoms with E-state index in [1.807, 2.05) is 24.0 Å². The number of anilines is 6. The van der Waals surface area contributed by atoms with E-state index < -0.39 is 24.2 Å². The minimum atomic E-state index is -2.70. The number of hydrogen-bond acceptors (Lipinski definition) is 20. The Morgan fingerprint density at radius 3 is 1.15 bits per heavy atom. The molecule has 6 aliphatic rings. The summed E-state index contributed by atoms with van der Waals surface area (Å²) in [6, 6.07) is 5.18. The zero-order valence-electron chi connectivity index (χ0n) is 49.3. The third kappa shape index (κ3) is 16.7. The molecular weight excluding hydrogens is 1170 g/mol.